The predicted octanol–water partition coefficient (Wildman–Crippen LogP) is 3.67. The standard InChI is InChI=1S/C23H20N2O4/c1-15-23-18(13-20(24-15)29-22(28)14-26)17-9-5-6-10-19(17)25(23)21(27)12-11-16-7-3-2-4-8-16/h2-10,13,26H,11-12,14H2,1H3. The number of ether oxygens (including phenoxy) is 1. The molecule has 4 aromatic rings. The highest BCUT2D eigenvalue weighted by Gasteiger charge is 2.20. The topological polar surface area (TPSA) is 81.4 Å². The number of pyridine rings is 1. The molecule has 2 heterocycles. The van der Waals surface area contributed by atoms with Crippen LogP contribution in [0.2, 0.25) is 0 Å². The van der Waals surface area contributed by atoms with Gasteiger partial charge in [-0.3, -0.25) is 9.36 Å². The Morgan fingerprint density at radius 1 is 1.03 bits per heavy atom. The van der Waals surface area contributed by atoms with Crippen LogP contribution in [0.3, 0.4) is 0 Å². The van der Waals surface area contributed by atoms with Gasteiger partial charge in [0.2, 0.25) is 11.8 Å². The summed E-state index contributed by atoms with van der Waals surface area (Å²) in [5, 5.41) is 10.6. The Balaban J connectivity index is 1.80. The van der Waals surface area contributed by atoms with E-state index in [9.17, 15) is 9.59 Å². The number of hydrogen-bond acceptors (Lipinski definition) is 5. The second kappa shape index (κ2) is 7.85. The van der Waals surface area contributed by atoms with Crippen LogP contribution < -0.4 is 4.74 Å². The van der Waals surface area contributed by atoms with Crippen LogP contribution in [0.15, 0.2) is 60.7 Å². The maximum Gasteiger partial charge on any atom is 0.338 e. The molecule has 0 aliphatic rings. The summed E-state index contributed by atoms with van der Waals surface area (Å²) >= 11 is 0. The smallest absolute Gasteiger partial charge is 0.338 e. The fourth-order valence-electron chi connectivity index (χ4n) is 3.61. The number of aliphatic hydroxyl groups is 1. The summed E-state index contributed by atoms with van der Waals surface area (Å²) in [6, 6.07) is 19.1. The van der Waals surface area contributed by atoms with Gasteiger partial charge in [0.15, 0.2) is 0 Å². The lowest BCUT2D eigenvalue weighted by Gasteiger charge is -2.09. The molecule has 4 rings (SSSR count). The molecule has 1 N–H and O–H groups in total. The molecule has 0 saturated heterocycles. The van der Waals surface area contributed by atoms with Crippen molar-refractivity contribution < 1.29 is 19.4 Å². The summed E-state index contributed by atoms with van der Waals surface area (Å²) in [7, 11) is 0. The minimum Gasteiger partial charge on any atom is -0.406 e. The second-order valence-corrected chi connectivity index (χ2v) is 6.81. The minimum absolute atomic E-state index is 0.0231. The third-order valence-corrected chi connectivity index (χ3v) is 4.87. The number of esters is 1. The Morgan fingerprint density at radius 3 is 2.52 bits per heavy atom. The van der Waals surface area contributed by atoms with Crippen LogP contribution in [-0.2, 0) is 11.2 Å². The monoisotopic (exact) mass is 388 g/mol. The number of fused-ring (bicyclic) bond motifs is 3. The summed E-state index contributed by atoms with van der Waals surface area (Å²) in [5.41, 5.74) is 3.17. The van der Waals surface area contributed by atoms with Gasteiger partial charge in [-0.1, -0.05) is 48.5 Å². The first-order chi connectivity index (χ1) is 14.1. The largest absolute Gasteiger partial charge is 0.406 e. The van der Waals surface area contributed by atoms with Crippen molar-refractivity contribution >= 4 is 33.7 Å². The molecule has 0 spiro atoms. The van der Waals surface area contributed by atoms with Gasteiger partial charge in [-0.05, 0) is 25.0 Å². The van der Waals surface area contributed by atoms with Crippen molar-refractivity contribution in [2.45, 2.75) is 19.8 Å². The number of benzene rings is 2. The fraction of sp³-hybridized carbons (Fsp3) is 0.174. The third kappa shape index (κ3) is 3.62. The zero-order chi connectivity index (χ0) is 20.4. The van der Waals surface area contributed by atoms with Gasteiger partial charge in [0, 0.05) is 23.3 Å². The van der Waals surface area contributed by atoms with Gasteiger partial charge in [0.1, 0.15) is 6.61 Å². The predicted molar refractivity (Wildman–Crippen MR) is 110 cm³/mol. The van der Waals surface area contributed by atoms with E-state index in [0.717, 1.165) is 21.9 Å². The molecule has 0 amide bonds. The first-order valence-electron chi connectivity index (χ1n) is 9.38. The summed E-state index contributed by atoms with van der Waals surface area (Å²) in [5.74, 6) is -0.697. The van der Waals surface area contributed by atoms with Crippen molar-refractivity contribution in [2.24, 2.45) is 0 Å². The van der Waals surface area contributed by atoms with Gasteiger partial charge >= 0.3 is 5.97 Å². The van der Waals surface area contributed by atoms with Gasteiger partial charge in [-0.2, -0.15) is 0 Å². The number of para-hydroxylation sites is 1. The first kappa shape index (κ1) is 18.8. The van der Waals surface area contributed by atoms with E-state index in [2.05, 4.69) is 4.98 Å². The van der Waals surface area contributed by atoms with Crippen LogP contribution in [0.4, 0.5) is 0 Å². The number of aryl methyl sites for hydroxylation is 2. The molecule has 2 aromatic carbocycles. The highest BCUT2D eigenvalue weighted by atomic mass is 16.6. The van der Waals surface area contributed by atoms with Crippen molar-refractivity contribution in [3.63, 3.8) is 0 Å². The average Bonchev–Trinajstić information content (AvgIpc) is 3.08. The Morgan fingerprint density at radius 2 is 1.76 bits per heavy atom. The maximum atomic E-state index is 13.2. The van der Waals surface area contributed by atoms with Crippen LogP contribution in [0.5, 0.6) is 5.88 Å². The summed E-state index contributed by atoms with van der Waals surface area (Å²) in [4.78, 5) is 29.0. The Labute approximate surface area is 167 Å². The number of rotatable bonds is 5. The molecule has 6 nitrogen and oxygen atoms in total. The van der Waals surface area contributed by atoms with E-state index in [1.807, 2.05) is 54.6 Å². The number of hydrogen-bond donors (Lipinski definition) is 1. The molecule has 0 aliphatic carbocycles. The normalized spacial score (nSPS) is 11.1. The van der Waals surface area contributed by atoms with E-state index in [0.29, 0.717) is 24.1 Å². The van der Waals surface area contributed by atoms with Crippen LogP contribution >= 0.6 is 0 Å². The minimum atomic E-state index is -0.779. The molecular weight excluding hydrogens is 368 g/mol. The highest BCUT2D eigenvalue weighted by Crippen LogP contribution is 2.33. The number of aromatic nitrogens is 2. The maximum absolute atomic E-state index is 13.2. The molecule has 146 valence electrons. The quantitative estimate of drug-likeness (QED) is 0.528. The first-order valence-corrected chi connectivity index (χ1v) is 9.38. The lowest BCUT2D eigenvalue weighted by atomic mass is 10.1. The lowest BCUT2D eigenvalue weighted by Crippen LogP contribution is -2.14. The van der Waals surface area contributed by atoms with Crippen molar-refractivity contribution in [1.82, 2.24) is 9.55 Å². The van der Waals surface area contributed by atoms with E-state index in [1.54, 1.807) is 17.6 Å². The van der Waals surface area contributed by atoms with Gasteiger partial charge < -0.3 is 9.84 Å². The molecule has 0 fully saturated rings. The molecule has 0 unspecified atom stereocenters. The summed E-state index contributed by atoms with van der Waals surface area (Å²) in [6.07, 6.45) is 1.00. The SMILES string of the molecule is Cc1nc(OC(=O)CO)cc2c3ccccc3n(C(=O)CCc3ccccc3)c12. The molecule has 6 heteroatoms. The molecular formula is C23H20N2O4. The Hall–Kier alpha value is -3.51. The molecule has 2 aromatic heterocycles. The average molecular weight is 388 g/mol. The molecule has 0 saturated carbocycles. The molecule has 0 bridgehead atoms. The zero-order valence-corrected chi connectivity index (χ0v) is 16.0. The number of carbonyl (C=O) groups is 2. The van der Waals surface area contributed by atoms with Crippen molar-refractivity contribution in [1.29, 1.82) is 0 Å². The van der Waals surface area contributed by atoms with Crippen LogP contribution in [-0.4, -0.2) is 33.1 Å². The molecule has 0 aliphatic heterocycles. The van der Waals surface area contributed by atoms with Gasteiger partial charge in [-0.15, -0.1) is 0 Å². The van der Waals surface area contributed by atoms with Crippen molar-refractivity contribution in [2.75, 3.05) is 6.61 Å². The van der Waals surface area contributed by atoms with Crippen molar-refractivity contribution in [3.8, 4) is 5.88 Å². The van der Waals surface area contributed by atoms with Gasteiger partial charge in [0.05, 0.1) is 16.7 Å². The van der Waals surface area contributed by atoms with E-state index in [-0.39, 0.29) is 11.8 Å². The van der Waals surface area contributed by atoms with Gasteiger partial charge in [0.25, 0.3) is 0 Å². The fourth-order valence-corrected chi connectivity index (χ4v) is 3.61. The van der Waals surface area contributed by atoms with Crippen LogP contribution in [0.25, 0.3) is 21.8 Å². The molecule has 29 heavy (non-hydrogen) atoms. The summed E-state index contributed by atoms with van der Waals surface area (Å²) < 4.78 is 6.78. The van der Waals surface area contributed by atoms with Gasteiger partial charge in [-0.25, -0.2) is 9.78 Å². The Bertz CT molecular complexity index is 1210. The summed E-state index contributed by atoms with van der Waals surface area (Å²) in [6.45, 7) is 1.05. The zero-order valence-electron chi connectivity index (χ0n) is 16.0. The van der Waals surface area contributed by atoms with E-state index in [1.165, 1.54) is 0 Å². The van der Waals surface area contributed by atoms with Crippen molar-refractivity contribution in [3.05, 3.63) is 71.9 Å². The second-order valence-electron chi connectivity index (χ2n) is 6.81. The third-order valence-electron chi connectivity index (χ3n) is 4.87. The number of aliphatic hydroxyl groups excluding tert-OH is 1. The highest BCUT2D eigenvalue weighted by molar-refractivity contribution is 6.14. The van der Waals surface area contributed by atoms with E-state index < -0.39 is 12.6 Å². The molecule has 0 atom stereocenters. The lowest BCUT2D eigenvalue weighted by molar-refractivity contribution is -0.137. The Kier molecular flexibility index (Phi) is 5.10. The van der Waals surface area contributed by atoms with E-state index >= 15 is 0 Å². The van der Waals surface area contributed by atoms with Crippen LogP contribution in [0, 0.1) is 6.92 Å². The van der Waals surface area contributed by atoms with Crippen LogP contribution in [0.1, 0.15) is 22.5 Å². The molecule has 0 radical (unpaired) electrons. The number of carbonyl (C=O) groups excluding carboxylic acids is 2. The number of nitrogens with zero attached hydrogens (tertiary/aromatic N) is 2. The van der Waals surface area contributed by atoms with E-state index in [4.69, 9.17) is 9.84 Å².